The average molecular weight is 236 g/mol. The van der Waals surface area contributed by atoms with E-state index in [0.717, 1.165) is 0 Å². The Labute approximate surface area is 84.1 Å². The second-order valence-electron chi connectivity index (χ2n) is 2.84. The van der Waals surface area contributed by atoms with E-state index in [2.05, 4.69) is 0 Å². The molecule has 0 aromatic heterocycles. The molecule has 0 amide bonds. The summed E-state index contributed by atoms with van der Waals surface area (Å²) < 4.78 is 48.0. The number of halogens is 2. The number of hydrogen-bond acceptors (Lipinski definition) is 3. The second kappa shape index (κ2) is 3.58. The zero-order valence-corrected chi connectivity index (χ0v) is 8.31. The van der Waals surface area contributed by atoms with Crippen molar-refractivity contribution in [1.29, 1.82) is 0 Å². The average Bonchev–Trinajstić information content (AvgIpc) is 2.06. The fraction of sp³-hybridized carbons (Fsp3) is 0.125. The molecule has 0 bridgehead atoms. The maximum Gasteiger partial charge on any atom is 0.338 e. The predicted octanol–water partition coefficient (Wildman–Crippen LogP) is 1.07. The summed E-state index contributed by atoms with van der Waals surface area (Å²) >= 11 is 0. The number of sulfone groups is 1. The summed E-state index contributed by atoms with van der Waals surface area (Å²) in [6, 6.07) is 0.865. The quantitative estimate of drug-likeness (QED) is 0.833. The van der Waals surface area contributed by atoms with Crippen molar-refractivity contribution in [1.82, 2.24) is 0 Å². The minimum Gasteiger partial charge on any atom is -0.478 e. The van der Waals surface area contributed by atoms with Crippen LogP contribution in [0.4, 0.5) is 8.78 Å². The Hall–Kier alpha value is -1.50. The van der Waals surface area contributed by atoms with Crippen LogP contribution in [0.5, 0.6) is 0 Å². The number of hydrogen-bond donors (Lipinski definition) is 1. The minimum absolute atomic E-state index is 0.423. The third-order valence-electron chi connectivity index (χ3n) is 1.63. The highest BCUT2D eigenvalue weighted by Gasteiger charge is 2.22. The summed E-state index contributed by atoms with van der Waals surface area (Å²) in [5, 5.41) is 8.48. The van der Waals surface area contributed by atoms with E-state index in [4.69, 9.17) is 5.11 Å². The van der Waals surface area contributed by atoms with E-state index in [-0.39, 0.29) is 0 Å². The van der Waals surface area contributed by atoms with E-state index >= 15 is 0 Å². The summed E-state index contributed by atoms with van der Waals surface area (Å²) in [6.45, 7) is 0. The molecular formula is C8H6F2O4S. The van der Waals surface area contributed by atoms with Gasteiger partial charge in [0, 0.05) is 6.26 Å². The SMILES string of the molecule is CS(=O)(=O)c1cc(F)cc(C(=O)O)c1F. The number of aromatic carboxylic acids is 1. The summed E-state index contributed by atoms with van der Waals surface area (Å²) in [7, 11) is -3.99. The van der Waals surface area contributed by atoms with Crippen LogP contribution in [-0.4, -0.2) is 25.7 Å². The van der Waals surface area contributed by atoms with Crippen molar-refractivity contribution >= 4 is 15.8 Å². The maximum absolute atomic E-state index is 13.3. The second-order valence-corrected chi connectivity index (χ2v) is 4.83. The normalized spacial score (nSPS) is 11.4. The highest BCUT2D eigenvalue weighted by Crippen LogP contribution is 2.20. The molecule has 1 aromatic carbocycles. The molecule has 0 saturated carbocycles. The van der Waals surface area contributed by atoms with Crippen LogP contribution in [0.25, 0.3) is 0 Å². The molecule has 0 saturated heterocycles. The van der Waals surface area contributed by atoms with Gasteiger partial charge in [0.25, 0.3) is 0 Å². The maximum atomic E-state index is 13.3. The fourth-order valence-corrected chi connectivity index (χ4v) is 1.75. The zero-order chi connectivity index (χ0) is 11.8. The summed E-state index contributed by atoms with van der Waals surface area (Å²) in [5.41, 5.74) is -1.00. The van der Waals surface area contributed by atoms with Gasteiger partial charge in [-0.1, -0.05) is 0 Å². The third kappa shape index (κ3) is 2.30. The molecule has 15 heavy (non-hydrogen) atoms. The van der Waals surface area contributed by atoms with Gasteiger partial charge in [0.15, 0.2) is 15.7 Å². The van der Waals surface area contributed by atoms with Gasteiger partial charge in [0.1, 0.15) is 10.7 Å². The topological polar surface area (TPSA) is 71.4 Å². The van der Waals surface area contributed by atoms with Gasteiger partial charge in [0.2, 0.25) is 0 Å². The van der Waals surface area contributed by atoms with Crippen molar-refractivity contribution in [3.63, 3.8) is 0 Å². The molecule has 0 spiro atoms. The van der Waals surface area contributed by atoms with Gasteiger partial charge in [-0.15, -0.1) is 0 Å². The summed E-state index contributed by atoms with van der Waals surface area (Å²) in [5.74, 6) is -4.29. The largest absolute Gasteiger partial charge is 0.478 e. The number of benzene rings is 1. The van der Waals surface area contributed by atoms with Gasteiger partial charge in [-0.3, -0.25) is 0 Å². The van der Waals surface area contributed by atoms with Gasteiger partial charge in [-0.2, -0.15) is 0 Å². The Morgan fingerprint density at radius 1 is 1.33 bits per heavy atom. The molecule has 0 aliphatic carbocycles. The molecule has 82 valence electrons. The smallest absolute Gasteiger partial charge is 0.338 e. The predicted molar refractivity (Wildman–Crippen MR) is 46.4 cm³/mol. The first kappa shape index (κ1) is 11.6. The van der Waals surface area contributed by atoms with Crippen LogP contribution in [0.2, 0.25) is 0 Å². The van der Waals surface area contributed by atoms with E-state index in [9.17, 15) is 22.0 Å². The van der Waals surface area contributed by atoms with Gasteiger partial charge in [0.05, 0.1) is 5.56 Å². The molecule has 1 aromatic rings. The lowest BCUT2D eigenvalue weighted by Crippen LogP contribution is -2.08. The van der Waals surface area contributed by atoms with Gasteiger partial charge >= 0.3 is 5.97 Å². The van der Waals surface area contributed by atoms with Crippen molar-refractivity contribution in [3.8, 4) is 0 Å². The van der Waals surface area contributed by atoms with E-state index in [0.29, 0.717) is 18.4 Å². The van der Waals surface area contributed by atoms with Crippen molar-refractivity contribution in [2.75, 3.05) is 6.26 Å². The third-order valence-corrected chi connectivity index (χ3v) is 2.73. The van der Waals surface area contributed by atoms with E-state index in [1.165, 1.54) is 0 Å². The molecule has 0 aliphatic heterocycles. The van der Waals surface area contributed by atoms with Crippen LogP contribution in [0.15, 0.2) is 17.0 Å². The van der Waals surface area contributed by atoms with Crippen molar-refractivity contribution < 1.29 is 27.1 Å². The van der Waals surface area contributed by atoms with Crippen LogP contribution in [0, 0.1) is 11.6 Å². The Morgan fingerprint density at radius 2 is 1.87 bits per heavy atom. The van der Waals surface area contributed by atoms with Crippen LogP contribution in [-0.2, 0) is 9.84 Å². The van der Waals surface area contributed by atoms with Crippen molar-refractivity contribution in [3.05, 3.63) is 29.3 Å². The fourth-order valence-electron chi connectivity index (χ4n) is 0.990. The first-order valence-corrected chi connectivity index (χ1v) is 5.55. The lowest BCUT2D eigenvalue weighted by molar-refractivity contribution is 0.0690. The molecule has 0 heterocycles. The van der Waals surface area contributed by atoms with E-state index in [1.807, 2.05) is 0 Å². The molecule has 0 atom stereocenters. The molecule has 1 N–H and O–H groups in total. The minimum atomic E-state index is -3.99. The number of rotatable bonds is 2. The molecule has 1 rings (SSSR count). The first-order chi connectivity index (χ1) is 6.73. The summed E-state index contributed by atoms with van der Waals surface area (Å²) in [4.78, 5) is 9.49. The Bertz CT molecular complexity index is 522. The highest BCUT2D eigenvalue weighted by molar-refractivity contribution is 7.90. The van der Waals surface area contributed by atoms with Crippen molar-refractivity contribution in [2.45, 2.75) is 4.90 Å². The van der Waals surface area contributed by atoms with Crippen LogP contribution < -0.4 is 0 Å². The van der Waals surface area contributed by atoms with E-state index < -0.39 is 37.9 Å². The lowest BCUT2D eigenvalue weighted by atomic mass is 10.2. The van der Waals surface area contributed by atoms with Crippen LogP contribution in [0.3, 0.4) is 0 Å². The lowest BCUT2D eigenvalue weighted by Gasteiger charge is -2.03. The standard InChI is InChI=1S/C8H6F2O4S/c1-15(13,14)6-3-4(9)2-5(7(6)10)8(11)12/h2-3H,1H3,(H,11,12). The zero-order valence-electron chi connectivity index (χ0n) is 7.49. The van der Waals surface area contributed by atoms with Crippen molar-refractivity contribution in [2.24, 2.45) is 0 Å². The van der Waals surface area contributed by atoms with Crippen LogP contribution >= 0.6 is 0 Å². The first-order valence-electron chi connectivity index (χ1n) is 3.66. The Kier molecular flexibility index (Phi) is 2.76. The van der Waals surface area contributed by atoms with Gasteiger partial charge in [-0.05, 0) is 12.1 Å². The molecular weight excluding hydrogens is 230 g/mol. The molecule has 7 heteroatoms. The molecule has 0 fully saturated rings. The van der Waals surface area contributed by atoms with Crippen LogP contribution in [0.1, 0.15) is 10.4 Å². The molecule has 0 radical (unpaired) electrons. The monoisotopic (exact) mass is 236 g/mol. The number of carboxylic acid groups (broad SMARTS) is 1. The molecule has 0 aliphatic rings. The molecule has 4 nitrogen and oxygen atoms in total. The van der Waals surface area contributed by atoms with Gasteiger partial charge < -0.3 is 5.11 Å². The summed E-state index contributed by atoms with van der Waals surface area (Å²) in [6.07, 6.45) is 0.663. The van der Waals surface area contributed by atoms with Gasteiger partial charge in [-0.25, -0.2) is 22.0 Å². The Balaban J connectivity index is 3.63. The highest BCUT2D eigenvalue weighted by atomic mass is 32.2. The Morgan fingerprint density at radius 3 is 2.27 bits per heavy atom. The molecule has 0 unspecified atom stereocenters. The van der Waals surface area contributed by atoms with E-state index in [1.54, 1.807) is 0 Å². The number of carbonyl (C=O) groups is 1. The number of carboxylic acids is 1.